The highest BCUT2D eigenvalue weighted by Gasteiger charge is 2.12. The van der Waals surface area contributed by atoms with Crippen LogP contribution in [-0.2, 0) is 0 Å². The number of nitrogens with two attached hydrogens (primary N) is 1. The van der Waals surface area contributed by atoms with Crippen LogP contribution in [0.2, 0.25) is 10.0 Å². The molecule has 4 nitrogen and oxygen atoms in total. The average molecular weight is 361 g/mol. The summed E-state index contributed by atoms with van der Waals surface area (Å²) in [5.41, 5.74) is 5.68. The van der Waals surface area contributed by atoms with E-state index in [0.717, 1.165) is 0 Å². The van der Waals surface area contributed by atoms with E-state index >= 15 is 0 Å². The quantitative estimate of drug-likeness (QED) is 0.488. The summed E-state index contributed by atoms with van der Waals surface area (Å²) in [6, 6.07) is 6.53. The minimum atomic E-state index is -0.185. The molecule has 0 saturated heterocycles. The lowest BCUT2D eigenvalue weighted by atomic mass is 10.3. The maximum atomic E-state index is 7.44. The Morgan fingerprint density at radius 3 is 2.68 bits per heavy atom. The van der Waals surface area contributed by atoms with Gasteiger partial charge >= 0.3 is 0 Å². The number of benzene rings is 1. The Bertz CT molecular complexity index is 649. The topological polar surface area (TPSA) is 72.0 Å². The number of nitrogens with zero attached hydrogens (tertiary/aromatic N) is 1. The fraction of sp³-hybridized carbons (Fsp3) is 0. The number of pyridine rings is 1. The summed E-state index contributed by atoms with van der Waals surface area (Å²) in [6.45, 7) is 0. The lowest BCUT2D eigenvalue weighted by Gasteiger charge is -2.11. The molecule has 98 valence electrons. The van der Waals surface area contributed by atoms with Crippen LogP contribution < -0.4 is 10.5 Å². The number of ether oxygens (including phenoxy) is 1. The Hall–Kier alpha value is -1.30. The molecule has 0 amide bonds. The van der Waals surface area contributed by atoms with Crippen LogP contribution in [0.4, 0.5) is 0 Å². The molecule has 1 aromatic heterocycles. The van der Waals surface area contributed by atoms with Gasteiger partial charge in [0, 0.05) is 16.7 Å². The number of aromatic nitrogens is 1. The minimum Gasteiger partial charge on any atom is -0.453 e. The average Bonchev–Trinajstić information content (AvgIpc) is 2.36. The van der Waals surface area contributed by atoms with Gasteiger partial charge in [-0.15, -0.1) is 0 Å². The number of nitrogen functional groups attached to an aromatic ring is 1. The molecule has 19 heavy (non-hydrogen) atoms. The second-order valence-corrected chi connectivity index (χ2v) is 5.23. The van der Waals surface area contributed by atoms with Gasteiger partial charge in [-0.3, -0.25) is 5.41 Å². The summed E-state index contributed by atoms with van der Waals surface area (Å²) >= 11 is 15.3. The number of hydrogen-bond donors (Lipinski definition) is 2. The van der Waals surface area contributed by atoms with Crippen molar-refractivity contribution in [3.63, 3.8) is 0 Å². The second-order valence-electron chi connectivity index (χ2n) is 3.56. The Labute approximate surface area is 128 Å². The zero-order valence-corrected chi connectivity index (χ0v) is 12.6. The summed E-state index contributed by atoms with van der Waals surface area (Å²) in [5.74, 6) is 0.524. The highest BCUT2D eigenvalue weighted by atomic mass is 79.9. The van der Waals surface area contributed by atoms with E-state index in [4.69, 9.17) is 39.1 Å². The summed E-state index contributed by atoms with van der Waals surface area (Å²) in [7, 11) is 0. The molecule has 1 aromatic carbocycles. The summed E-state index contributed by atoms with van der Waals surface area (Å²) < 4.78 is 6.29. The maximum Gasteiger partial charge on any atom is 0.156 e. The van der Waals surface area contributed by atoms with Crippen molar-refractivity contribution in [2.45, 2.75) is 0 Å². The van der Waals surface area contributed by atoms with E-state index in [1.807, 2.05) is 0 Å². The van der Waals surface area contributed by atoms with Gasteiger partial charge in [-0.05, 0) is 34.1 Å². The molecule has 0 atom stereocenters. The summed E-state index contributed by atoms with van der Waals surface area (Å²) in [5, 5.41) is 8.29. The first kappa shape index (κ1) is 14.1. The first-order valence-corrected chi connectivity index (χ1v) is 6.65. The Balaban J connectivity index is 2.42. The number of rotatable bonds is 3. The Kier molecular flexibility index (Phi) is 4.29. The van der Waals surface area contributed by atoms with Gasteiger partial charge in [0.05, 0.1) is 10.0 Å². The molecule has 0 aliphatic rings. The highest BCUT2D eigenvalue weighted by molar-refractivity contribution is 9.10. The van der Waals surface area contributed by atoms with E-state index in [9.17, 15) is 0 Å². The van der Waals surface area contributed by atoms with E-state index in [1.165, 1.54) is 6.20 Å². The molecular weight excluding hydrogens is 353 g/mol. The van der Waals surface area contributed by atoms with Gasteiger partial charge in [0.25, 0.3) is 0 Å². The molecule has 0 fully saturated rings. The standard InChI is InChI=1S/C12H8BrCl2N3O/c13-6-4-8(15)10(5-7(6)14)19-9-2-1-3-18-11(9)12(16)17/h1-5H,(H3,16,17). The van der Waals surface area contributed by atoms with Crippen molar-refractivity contribution in [3.8, 4) is 11.5 Å². The predicted octanol–water partition coefficient (Wildman–Crippen LogP) is 4.23. The number of halogens is 3. The van der Waals surface area contributed by atoms with Crippen LogP contribution in [0.1, 0.15) is 5.69 Å². The molecular formula is C12H8BrCl2N3O. The number of amidine groups is 1. The first-order valence-electron chi connectivity index (χ1n) is 5.11. The molecule has 0 spiro atoms. The summed E-state index contributed by atoms with van der Waals surface area (Å²) in [4.78, 5) is 3.98. The van der Waals surface area contributed by atoms with E-state index in [1.54, 1.807) is 24.3 Å². The predicted molar refractivity (Wildman–Crippen MR) is 79.5 cm³/mol. The number of nitrogens with one attached hydrogen (secondary N) is 1. The van der Waals surface area contributed by atoms with Crippen molar-refractivity contribution < 1.29 is 4.74 Å². The van der Waals surface area contributed by atoms with Gasteiger partial charge in [0.15, 0.2) is 5.75 Å². The van der Waals surface area contributed by atoms with E-state index in [-0.39, 0.29) is 11.5 Å². The van der Waals surface area contributed by atoms with Gasteiger partial charge in [-0.1, -0.05) is 23.2 Å². The van der Waals surface area contributed by atoms with Crippen molar-refractivity contribution in [3.05, 3.63) is 50.7 Å². The van der Waals surface area contributed by atoms with Crippen LogP contribution in [0.5, 0.6) is 11.5 Å². The lowest BCUT2D eigenvalue weighted by molar-refractivity contribution is 0.479. The van der Waals surface area contributed by atoms with Crippen LogP contribution in [0.15, 0.2) is 34.9 Å². The molecule has 0 aliphatic carbocycles. The maximum absolute atomic E-state index is 7.44. The van der Waals surface area contributed by atoms with Gasteiger partial charge in [-0.2, -0.15) is 0 Å². The van der Waals surface area contributed by atoms with E-state index < -0.39 is 0 Å². The molecule has 0 unspecified atom stereocenters. The third-order valence-corrected chi connectivity index (χ3v) is 3.71. The molecule has 0 radical (unpaired) electrons. The molecule has 0 bridgehead atoms. The van der Waals surface area contributed by atoms with Gasteiger partial charge < -0.3 is 10.5 Å². The monoisotopic (exact) mass is 359 g/mol. The van der Waals surface area contributed by atoms with E-state index in [2.05, 4.69) is 20.9 Å². The SMILES string of the molecule is N=C(N)c1ncccc1Oc1cc(Cl)c(Br)cc1Cl. The molecule has 0 saturated carbocycles. The third kappa shape index (κ3) is 3.18. The van der Waals surface area contributed by atoms with Crippen LogP contribution in [0.3, 0.4) is 0 Å². The van der Waals surface area contributed by atoms with Gasteiger partial charge in [0.2, 0.25) is 0 Å². The fourth-order valence-corrected chi connectivity index (χ4v) is 2.21. The third-order valence-electron chi connectivity index (χ3n) is 2.22. The van der Waals surface area contributed by atoms with Crippen LogP contribution in [-0.4, -0.2) is 10.8 Å². The van der Waals surface area contributed by atoms with Crippen molar-refractivity contribution in [2.75, 3.05) is 0 Å². The molecule has 7 heteroatoms. The molecule has 0 aliphatic heterocycles. The zero-order chi connectivity index (χ0) is 14.0. The van der Waals surface area contributed by atoms with Crippen molar-refractivity contribution >= 4 is 45.0 Å². The Morgan fingerprint density at radius 1 is 1.26 bits per heavy atom. The normalized spacial score (nSPS) is 10.3. The summed E-state index contributed by atoms with van der Waals surface area (Å²) in [6.07, 6.45) is 1.53. The van der Waals surface area contributed by atoms with Crippen molar-refractivity contribution in [2.24, 2.45) is 5.73 Å². The lowest BCUT2D eigenvalue weighted by Crippen LogP contribution is -2.14. The minimum absolute atomic E-state index is 0.185. The van der Waals surface area contributed by atoms with Crippen LogP contribution >= 0.6 is 39.1 Å². The molecule has 2 aromatic rings. The van der Waals surface area contributed by atoms with Crippen molar-refractivity contribution in [1.82, 2.24) is 4.98 Å². The number of hydrogen-bond acceptors (Lipinski definition) is 3. The largest absolute Gasteiger partial charge is 0.453 e. The molecule has 2 rings (SSSR count). The van der Waals surface area contributed by atoms with Gasteiger partial charge in [-0.25, -0.2) is 4.98 Å². The second kappa shape index (κ2) is 5.77. The fourth-order valence-electron chi connectivity index (χ4n) is 1.38. The first-order chi connectivity index (χ1) is 8.99. The van der Waals surface area contributed by atoms with Crippen LogP contribution in [0.25, 0.3) is 0 Å². The molecule has 3 N–H and O–H groups in total. The molecule has 1 heterocycles. The zero-order valence-electron chi connectivity index (χ0n) is 9.45. The van der Waals surface area contributed by atoms with E-state index in [0.29, 0.717) is 26.0 Å². The van der Waals surface area contributed by atoms with Crippen molar-refractivity contribution in [1.29, 1.82) is 5.41 Å². The highest BCUT2D eigenvalue weighted by Crippen LogP contribution is 2.36. The van der Waals surface area contributed by atoms with Gasteiger partial charge in [0.1, 0.15) is 17.3 Å². The Morgan fingerprint density at radius 2 is 2.00 bits per heavy atom. The smallest absolute Gasteiger partial charge is 0.156 e. The van der Waals surface area contributed by atoms with Crippen LogP contribution in [0, 0.1) is 5.41 Å².